The van der Waals surface area contributed by atoms with Crippen LogP contribution in [0.4, 0.5) is 4.39 Å². The van der Waals surface area contributed by atoms with Crippen molar-refractivity contribution in [1.82, 2.24) is 0 Å². The number of para-hydroxylation sites is 1. The fourth-order valence-corrected chi connectivity index (χ4v) is 1.92. The lowest BCUT2D eigenvalue weighted by molar-refractivity contribution is 0.112. The van der Waals surface area contributed by atoms with Crippen molar-refractivity contribution in [3.63, 3.8) is 0 Å². The zero-order valence-electron chi connectivity index (χ0n) is 10.2. The summed E-state index contributed by atoms with van der Waals surface area (Å²) in [7, 11) is 1.43. The van der Waals surface area contributed by atoms with Gasteiger partial charge in [-0.3, -0.25) is 4.79 Å². The van der Waals surface area contributed by atoms with Crippen molar-refractivity contribution in [2.75, 3.05) is 7.11 Å². The number of hydrogen-bond acceptors (Lipinski definition) is 3. The lowest BCUT2D eigenvalue weighted by atomic mass is 9.97. The maximum Gasteiger partial charge on any atom is 0.153 e. The highest BCUT2D eigenvalue weighted by Crippen LogP contribution is 2.34. The van der Waals surface area contributed by atoms with Gasteiger partial charge in [-0.2, -0.15) is 5.26 Å². The van der Waals surface area contributed by atoms with Crippen LogP contribution >= 0.6 is 0 Å². The molecule has 2 rings (SSSR count). The molecule has 0 unspecified atom stereocenters. The summed E-state index contributed by atoms with van der Waals surface area (Å²) in [5.41, 5.74) is 1.60. The van der Waals surface area contributed by atoms with E-state index in [0.29, 0.717) is 34.3 Å². The molecule has 0 fully saturated rings. The van der Waals surface area contributed by atoms with Gasteiger partial charge in [0.25, 0.3) is 0 Å². The summed E-state index contributed by atoms with van der Waals surface area (Å²) in [6, 6.07) is 10.8. The number of ether oxygens (including phenoxy) is 1. The van der Waals surface area contributed by atoms with Crippen LogP contribution in [0.15, 0.2) is 36.4 Å². The van der Waals surface area contributed by atoms with Gasteiger partial charge in [0, 0.05) is 11.1 Å². The molecule has 0 aromatic heterocycles. The van der Waals surface area contributed by atoms with Gasteiger partial charge < -0.3 is 4.74 Å². The standard InChI is InChI=1S/C15H10FNO2/c1-19-15-11(9-18)3-2-4-13(15)14-7-12(16)6-5-10(14)8-17/h2-7,9H,1H3. The number of nitrogens with zero attached hydrogens (tertiary/aromatic N) is 1. The molecular formula is C15H10FNO2. The summed E-state index contributed by atoms with van der Waals surface area (Å²) in [5, 5.41) is 9.08. The molecule has 2 aromatic carbocycles. The number of carbonyl (C=O) groups is 1. The second-order valence-electron chi connectivity index (χ2n) is 3.85. The van der Waals surface area contributed by atoms with Gasteiger partial charge >= 0.3 is 0 Å². The first-order chi connectivity index (χ1) is 9.21. The number of halogens is 1. The largest absolute Gasteiger partial charge is 0.495 e. The maximum atomic E-state index is 13.4. The first-order valence-corrected chi connectivity index (χ1v) is 5.53. The molecule has 3 nitrogen and oxygen atoms in total. The second-order valence-corrected chi connectivity index (χ2v) is 3.85. The van der Waals surface area contributed by atoms with E-state index in [-0.39, 0.29) is 0 Å². The number of carbonyl (C=O) groups excluding carboxylic acids is 1. The van der Waals surface area contributed by atoms with Crippen LogP contribution in [0, 0.1) is 17.1 Å². The number of aldehydes is 1. The summed E-state index contributed by atoms with van der Waals surface area (Å²) >= 11 is 0. The Kier molecular flexibility index (Phi) is 3.58. The zero-order valence-corrected chi connectivity index (χ0v) is 10.2. The fraction of sp³-hybridized carbons (Fsp3) is 0.0667. The summed E-state index contributed by atoms with van der Waals surface area (Å²) < 4.78 is 18.6. The van der Waals surface area contributed by atoms with Crippen LogP contribution in [0.5, 0.6) is 5.75 Å². The molecule has 0 heterocycles. The highest BCUT2D eigenvalue weighted by molar-refractivity contribution is 5.87. The molecule has 0 aliphatic heterocycles. The van der Waals surface area contributed by atoms with Crippen molar-refractivity contribution in [2.45, 2.75) is 0 Å². The number of nitriles is 1. The number of rotatable bonds is 3. The average Bonchev–Trinajstić information content (AvgIpc) is 2.46. The average molecular weight is 255 g/mol. The lowest BCUT2D eigenvalue weighted by Gasteiger charge is -2.12. The van der Waals surface area contributed by atoms with Crippen LogP contribution < -0.4 is 4.74 Å². The topological polar surface area (TPSA) is 50.1 Å². The van der Waals surface area contributed by atoms with E-state index in [0.717, 1.165) is 0 Å². The lowest BCUT2D eigenvalue weighted by Crippen LogP contribution is -1.95. The van der Waals surface area contributed by atoms with Gasteiger partial charge in [0.05, 0.1) is 24.3 Å². The Morgan fingerprint density at radius 3 is 2.68 bits per heavy atom. The molecule has 0 aliphatic carbocycles. The zero-order chi connectivity index (χ0) is 13.8. The van der Waals surface area contributed by atoms with Crippen LogP contribution in [0.2, 0.25) is 0 Å². The molecule has 0 aliphatic rings. The molecule has 0 saturated carbocycles. The summed E-state index contributed by atoms with van der Waals surface area (Å²) in [5.74, 6) is -0.118. The van der Waals surface area contributed by atoms with E-state index in [1.54, 1.807) is 18.2 Å². The molecule has 0 amide bonds. The third kappa shape index (κ3) is 2.31. The Labute approximate surface area is 109 Å². The summed E-state index contributed by atoms with van der Waals surface area (Å²) in [4.78, 5) is 11.0. The molecule has 0 saturated heterocycles. The highest BCUT2D eigenvalue weighted by Gasteiger charge is 2.14. The van der Waals surface area contributed by atoms with Gasteiger partial charge in [-0.15, -0.1) is 0 Å². The van der Waals surface area contributed by atoms with Crippen LogP contribution in [0.3, 0.4) is 0 Å². The minimum atomic E-state index is -0.451. The monoisotopic (exact) mass is 255 g/mol. The van der Waals surface area contributed by atoms with Crippen LogP contribution in [0.1, 0.15) is 15.9 Å². The van der Waals surface area contributed by atoms with Crippen LogP contribution in [-0.4, -0.2) is 13.4 Å². The Morgan fingerprint density at radius 2 is 2.05 bits per heavy atom. The SMILES string of the molecule is COc1c(C=O)cccc1-c1cc(F)ccc1C#N. The molecule has 2 aromatic rings. The van der Waals surface area contributed by atoms with E-state index in [4.69, 9.17) is 10.00 Å². The van der Waals surface area contributed by atoms with E-state index < -0.39 is 5.82 Å². The summed E-state index contributed by atoms with van der Waals surface area (Å²) in [6.45, 7) is 0. The summed E-state index contributed by atoms with van der Waals surface area (Å²) in [6.07, 6.45) is 0.660. The van der Waals surface area contributed by atoms with Crippen molar-refractivity contribution in [3.8, 4) is 22.9 Å². The van der Waals surface area contributed by atoms with Gasteiger partial charge in [0.1, 0.15) is 11.6 Å². The molecular weight excluding hydrogens is 245 g/mol. The van der Waals surface area contributed by atoms with Gasteiger partial charge in [0.2, 0.25) is 0 Å². The quantitative estimate of drug-likeness (QED) is 0.791. The first kappa shape index (κ1) is 12.8. The minimum Gasteiger partial charge on any atom is -0.495 e. The van der Waals surface area contributed by atoms with Crippen molar-refractivity contribution in [1.29, 1.82) is 5.26 Å². The molecule has 0 N–H and O–H groups in total. The first-order valence-electron chi connectivity index (χ1n) is 5.53. The highest BCUT2D eigenvalue weighted by atomic mass is 19.1. The van der Waals surface area contributed by atoms with E-state index in [1.807, 2.05) is 6.07 Å². The van der Waals surface area contributed by atoms with Crippen LogP contribution in [-0.2, 0) is 0 Å². The van der Waals surface area contributed by atoms with E-state index in [1.165, 1.54) is 25.3 Å². The van der Waals surface area contributed by atoms with Crippen molar-refractivity contribution < 1.29 is 13.9 Å². The fourth-order valence-electron chi connectivity index (χ4n) is 1.92. The Hall–Kier alpha value is -2.67. The Morgan fingerprint density at radius 1 is 1.26 bits per heavy atom. The third-order valence-electron chi connectivity index (χ3n) is 2.77. The minimum absolute atomic E-state index is 0.322. The molecule has 0 spiro atoms. The maximum absolute atomic E-state index is 13.4. The molecule has 4 heteroatoms. The smallest absolute Gasteiger partial charge is 0.153 e. The van der Waals surface area contributed by atoms with Crippen molar-refractivity contribution in [3.05, 3.63) is 53.3 Å². The number of benzene rings is 2. The van der Waals surface area contributed by atoms with Gasteiger partial charge in [0.15, 0.2) is 6.29 Å². The van der Waals surface area contributed by atoms with E-state index in [9.17, 15) is 9.18 Å². The molecule has 0 bridgehead atoms. The van der Waals surface area contributed by atoms with Crippen LogP contribution in [0.25, 0.3) is 11.1 Å². The van der Waals surface area contributed by atoms with Crippen molar-refractivity contribution >= 4 is 6.29 Å². The predicted octanol–water partition coefficient (Wildman–Crippen LogP) is 3.19. The molecule has 19 heavy (non-hydrogen) atoms. The van der Waals surface area contributed by atoms with Crippen molar-refractivity contribution in [2.24, 2.45) is 0 Å². The van der Waals surface area contributed by atoms with Gasteiger partial charge in [-0.25, -0.2) is 4.39 Å². The predicted molar refractivity (Wildman–Crippen MR) is 68.5 cm³/mol. The second kappa shape index (κ2) is 5.32. The van der Waals surface area contributed by atoms with Gasteiger partial charge in [-0.1, -0.05) is 12.1 Å². The third-order valence-corrected chi connectivity index (χ3v) is 2.77. The number of hydrogen-bond donors (Lipinski definition) is 0. The number of methoxy groups -OCH3 is 1. The van der Waals surface area contributed by atoms with Gasteiger partial charge in [-0.05, 0) is 24.3 Å². The van der Waals surface area contributed by atoms with E-state index in [2.05, 4.69) is 0 Å². The Balaban J connectivity index is 2.75. The molecule has 0 atom stereocenters. The molecule has 94 valence electrons. The Bertz CT molecular complexity index is 674. The van der Waals surface area contributed by atoms with E-state index >= 15 is 0 Å². The normalized spacial score (nSPS) is 9.74. The molecule has 0 radical (unpaired) electrons.